The van der Waals surface area contributed by atoms with Gasteiger partial charge in [-0.05, 0) is 18.1 Å². The Balaban J connectivity index is 2.29. The lowest BCUT2D eigenvalue weighted by atomic mass is 10.0. The number of aromatic nitrogens is 2. The normalized spacial score (nSPS) is 14.7. The van der Waals surface area contributed by atoms with E-state index in [9.17, 15) is 8.42 Å². The largest absolute Gasteiger partial charge is 0.411 e. The molecule has 0 aliphatic rings. The van der Waals surface area contributed by atoms with Gasteiger partial charge in [-0.2, -0.15) is 0 Å². The molecule has 23 heavy (non-hydrogen) atoms. The summed E-state index contributed by atoms with van der Waals surface area (Å²) in [7, 11) is -3.87. The SMILES string of the molecule is CCC(C)C(N)c1nnc(S(=O)(=O)Cc2c(Cl)cccc2Cl)o1. The molecule has 0 fully saturated rings. The molecular formula is C14H17Cl2N3O3S. The van der Waals surface area contributed by atoms with Crippen LogP contribution in [0.4, 0.5) is 0 Å². The van der Waals surface area contributed by atoms with E-state index in [4.69, 9.17) is 33.4 Å². The first kappa shape index (κ1) is 18.2. The van der Waals surface area contributed by atoms with E-state index in [0.717, 1.165) is 6.42 Å². The molecule has 0 aliphatic carbocycles. The van der Waals surface area contributed by atoms with Gasteiger partial charge in [-0.15, -0.1) is 5.10 Å². The average Bonchev–Trinajstić information content (AvgIpc) is 3.00. The van der Waals surface area contributed by atoms with Gasteiger partial charge in [-0.1, -0.05) is 54.6 Å². The van der Waals surface area contributed by atoms with Gasteiger partial charge in [0, 0.05) is 15.6 Å². The average molecular weight is 378 g/mol. The maximum absolute atomic E-state index is 12.4. The van der Waals surface area contributed by atoms with Crippen LogP contribution in [0.5, 0.6) is 0 Å². The van der Waals surface area contributed by atoms with E-state index in [1.54, 1.807) is 18.2 Å². The third-order valence-electron chi connectivity index (χ3n) is 3.63. The zero-order chi connectivity index (χ0) is 17.2. The van der Waals surface area contributed by atoms with E-state index in [-0.39, 0.29) is 21.9 Å². The van der Waals surface area contributed by atoms with Crippen molar-refractivity contribution < 1.29 is 12.8 Å². The molecule has 1 aromatic carbocycles. The Morgan fingerprint density at radius 1 is 1.26 bits per heavy atom. The van der Waals surface area contributed by atoms with Crippen LogP contribution in [0.1, 0.15) is 37.8 Å². The second-order valence-corrected chi connectivity index (χ2v) is 7.96. The van der Waals surface area contributed by atoms with Crippen LogP contribution in [0.25, 0.3) is 0 Å². The van der Waals surface area contributed by atoms with Gasteiger partial charge < -0.3 is 10.2 Å². The van der Waals surface area contributed by atoms with Crippen LogP contribution in [0, 0.1) is 5.92 Å². The third-order valence-corrected chi connectivity index (χ3v) is 5.70. The molecule has 0 saturated carbocycles. The van der Waals surface area contributed by atoms with Crippen molar-refractivity contribution in [2.75, 3.05) is 0 Å². The van der Waals surface area contributed by atoms with E-state index < -0.39 is 26.9 Å². The highest BCUT2D eigenvalue weighted by Gasteiger charge is 2.28. The lowest BCUT2D eigenvalue weighted by molar-refractivity contribution is 0.327. The molecule has 126 valence electrons. The minimum absolute atomic E-state index is 0.0871. The number of hydrogen-bond acceptors (Lipinski definition) is 6. The fraction of sp³-hybridized carbons (Fsp3) is 0.429. The Kier molecular flexibility index (Phi) is 5.67. The summed E-state index contributed by atoms with van der Waals surface area (Å²) in [5.41, 5.74) is 6.27. The van der Waals surface area contributed by atoms with Crippen molar-refractivity contribution in [3.05, 3.63) is 39.7 Å². The van der Waals surface area contributed by atoms with E-state index in [2.05, 4.69) is 10.2 Å². The summed E-state index contributed by atoms with van der Waals surface area (Å²) in [4.78, 5) is 0. The fourth-order valence-electron chi connectivity index (χ4n) is 1.90. The highest BCUT2D eigenvalue weighted by molar-refractivity contribution is 7.90. The molecule has 2 atom stereocenters. The zero-order valence-corrected chi connectivity index (χ0v) is 15.0. The van der Waals surface area contributed by atoms with Crippen molar-refractivity contribution in [3.63, 3.8) is 0 Å². The van der Waals surface area contributed by atoms with Crippen LogP contribution in [-0.4, -0.2) is 18.6 Å². The first-order valence-corrected chi connectivity index (χ1v) is 9.41. The van der Waals surface area contributed by atoms with E-state index >= 15 is 0 Å². The van der Waals surface area contributed by atoms with Gasteiger partial charge >= 0.3 is 5.22 Å². The molecule has 2 aromatic rings. The standard InChI is InChI=1S/C14H17Cl2N3O3S/c1-3-8(2)12(17)13-18-19-14(22-13)23(20,21)7-9-10(15)5-4-6-11(9)16/h4-6,8,12H,3,7,17H2,1-2H3. The first-order valence-electron chi connectivity index (χ1n) is 7.01. The molecule has 0 bridgehead atoms. The van der Waals surface area contributed by atoms with Crippen LogP contribution in [-0.2, 0) is 15.6 Å². The van der Waals surface area contributed by atoms with E-state index in [1.165, 1.54) is 0 Å². The number of sulfone groups is 1. The number of nitrogens with zero attached hydrogens (tertiary/aromatic N) is 2. The lowest BCUT2D eigenvalue weighted by Crippen LogP contribution is -2.18. The van der Waals surface area contributed by atoms with Crippen molar-refractivity contribution in [3.8, 4) is 0 Å². The van der Waals surface area contributed by atoms with Crippen LogP contribution in [0.2, 0.25) is 10.0 Å². The predicted octanol–water partition coefficient (Wildman–Crippen LogP) is 3.40. The number of hydrogen-bond donors (Lipinski definition) is 1. The molecule has 2 rings (SSSR count). The molecule has 0 saturated heterocycles. The van der Waals surface area contributed by atoms with Gasteiger partial charge in [0.1, 0.15) is 0 Å². The Morgan fingerprint density at radius 2 is 1.87 bits per heavy atom. The van der Waals surface area contributed by atoms with E-state index in [1.807, 2.05) is 13.8 Å². The predicted molar refractivity (Wildman–Crippen MR) is 88.0 cm³/mol. The Morgan fingerprint density at radius 3 is 2.43 bits per heavy atom. The second kappa shape index (κ2) is 7.17. The van der Waals surface area contributed by atoms with Gasteiger partial charge in [0.05, 0.1) is 11.8 Å². The van der Waals surface area contributed by atoms with Crippen LogP contribution < -0.4 is 5.73 Å². The van der Waals surface area contributed by atoms with Gasteiger partial charge in [0.2, 0.25) is 15.7 Å². The quantitative estimate of drug-likeness (QED) is 0.827. The molecule has 2 unspecified atom stereocenters. The van der Waals surface area contributed by atoms with Crippen LogP contribution >= 0.6 is 23.2 Å². The topological polar surface area (TPSA) is 99.1 Å². The summed E-state index contributed by atoms with van der Waals surface area (Å²) in [5.74, 6) is -0.238. The number of rotatable bonds is 6. The third kappa shape index (κ3) is 4.03. The highest BCUT2D eigenvalue weighted by atomic mass is 35.5. The number of nitrogens with two attached hydrogens (primary N) is 1. The molecule has 1 heterocycles. The lowest BCUT2D eigenvalue weighted by Gasteiger charge is -2.13. The Bertz CT molecular complexity index is 772. The number of benzene rings is 1. The summed E-state index contributed by atoms with van der Waals surface area (Å²) in [6, 6.07) is 4.25. The van der Waals surface area contributed by atoms with Crippen molar-refractivity contribution in [1.29, 1.82) is 0 Å². The van der Waals surface area contributed by atoms with Crippen molar-refractivity contribution in [1.82, 2.24) is 10.2 Å². The molecule has 9 heteroatoms. The molecule has 1 aromatic heterocycles. The maximum atomic E-state index is 12.4. The summed E-state index contributed by atoms with van der Waals surface area (Å²) in [6.45, 7) is 3.89. The Labute approximate surface area is 144 Å². The Hall–Kier alpha value is -1.15. The van der Waals surface area contributed by atoms with Gasteiger partial charge in [0.15, 0.2) is 0 Å². The van der Waals surface area contributed by atoms with Gasteiger partial charge in [-0.3, -0.25) is 0 Å². The van der Waals surface area contributed by atoms with Crippen LogP contribution in [0.3, 0.4) is 0 Å². The molecule has 2 N–H and O–H groups in total. The van der Waals surface area contributed by atoms with Crippen LogP contribution in [0.15, 0.2) is 27.8 Å². The fourth-order valence-corrected chi connectivity index (χ4v) is 3.78. The molecule has 0 aliphatic heterocycles. The maximum Gasteiger partial charge on any atom is 0.335 e. The first-order chi connectivity index (χ1) is 10.8. The molecule has 0 amide bonds. The second-order valence-electron chi connectivity index (χ2n) is 5.28. The van der Waals surface area contributed by atoms with Crippen molar-refractivity contribution in [2.45, 2.75) is 37.3 Å². The van der Waals surface area contributed by atoms with Crippen molar-refractivity contribution >= 4 is 33.0 Å². The van der Waals surface area contributed by atoms with Crippen molar-refractivity contribution in [2.24, 2.45) is 11.7 Å². The summed E-state index contributed by atoms with van der Waals surface area (Å²) >= 11 is 12.0. The van der Waals surface area contributed by atoms with Gasteiger partial charge in [0.25, 0.3) is 0 Å². The van der Waals surface area contributed by atoms with E-state index in [0.29, 0.717) is 5.56 Å². The summed E-state index contributed by atoms with van der Waals surface area (Å²) < 4.78 is 30.1. The smallest absolute Gasteiger partial charge is 0.335 e. The molecule has 6 nitrogen and oxygen atoms in total. The summed E-state index contributed by atoms with van der Waals surface area (Å²) in [5, 5.41) is 7.40. The zero-order valence-electron chi connectivity index (χ0n) is 12.7. The minimum Gasteiger partial charge on any atom is -0.411 e. The summed E-state index contributed by atoms with van der Waals surface area (Å²) in [6.07, 6.45) is 0.806. The molecule has 0 spiro atoms. The van der Waals surface area contributed by atoms with Gasteiger partial charge in [-0.25, -0.2) is 8.42 Å². The monoisotopic (exact) mass is 377 g/mol. The number of halogens is 2. The highest BCUT2D eigenvalue weighted by Crippen LogP contribution is 2.29. The molecule has 0 radical (unpaired) electrons. The minimum atomic E-state index is -3.87. The molecular weight excluding hydrogens is 361 g/mol.